The molecule has 1 saturated heterocycles. The zero-order chi connectivity index (χ0) is 21.5. The lowest BCUT2D eigenvalue weighted by molar-refractivity contribution is 0.0358. The molecule has 0 radical (unpaired) electrons. The van der Waals surface area contributed by atoms with Crippen molar-refractivity contribution in [3.05, 3.63) is 41.7 Å². The number of ether oxygens (including phenoxy) is 2. The van der Waals surface area contributed by atoms with Gasteiger partial charge in [0, 0.05) is 25.7 Å². The fraction of sp³-hybridized carbons (Fsp3) is 0.583. The first-order chi connectivity index (χ1) is 15.2. The monoisotopic (exact) mass is 426 g/mol. The van der Waals surface area contributed by atoms with Gasteiger partial charge in [-0.3, -0.25) is 9.69 Å². The zero-order valence-electron chi connectivity index (χ0n) is 18.5. The molecule has 1 aliphatic heterocycles. The highest BCUT2D eigenvalue weighted by atomic mass is 16.5. The standard InChI is InChI=1S/C24H34N4O3/c1-19-18-23(24(29)25-20-6-3-2-4-7-20)28(26-19)21-8-10-22(11-9-21)31-15-5-12-27-13-16-30-17-14-27/h8-11,18,20H,2-7,12-17H2,1H3,(H,25,29). The van der Waals surface area contributed by atoms with Crippen molar-refractivity contribution < 1.29 is 14.3 Å². The fourth-order valence-electron chi connectivity index (χ4n) is 4.35. The molecule has 0 atom stereocenters. The highest BCUT2D eigenvalue weighted by molar-refractivity contribution is 5.93. The maximum absolute atomic E-state index is 12.9. The minimum atomic E-state index is -0.0454. The number of nitrogens with zero attached hydrogens (tertiary/aromatic N) is 3. The molecule has 7 heteroatoms. The number of hydrogen-bond acceptors (Lipinski definition) is 5. The number of amides is 1. The van der Waals surface area contributed by atoms with Crippen LogP contribution >= 0.6 is 0 Å². The minimum Gasteiger partial charge on any atom is -0.494 e. The molecule has 2 aromatic rings. The van der Waals surface area contributed by atoms with Crippen LogP contribution in [-0.4, -0.2) is 66.1 Å². The van der Waals surface area contributed by atoms with E-state index in [-0.39, 0.29) is 11.9 Å². The second-order valence-electron chi connectivity index (χ2n) is 8.54. The van der Waals surface area contributed by atoms with Crippen molar-refractivity contribution in [2.45, 2.75) is 51.5 Å². The Balaban J connectivity index is 1.32. The lowest BCUT2D eigenvalue weighted by atomic mass is 9.95. The molecule has 1 saturated carbocycles. The van der Waals surface area contributed by atoms with Gasteiger partial charge in [0.25, 0.3) is 5.91 Å². The van der Waals surface area contributed by atoms with E-state index in [1.807, 2.05) is 37.3 Å². The Kier molecular flexibility index (Phi) is 7.59. The van der Waals surface area contributed by atoms with Gasteiger partial charge >= 0.3 is 0 Å². The summed E-state index contributed by atoms with van der Waals surface area (Å²) in [6, 6.07) is 9.95. The predicted molar refractivity (Wildman–Crippen MR) is 120 cm³/mol. The number of rotatable bonds is 8. The molecule has 4 rings (SSSR count). The van der Waals surface area contributed by atoms with Crippen LogP contribution in [0.4, 0.5) is 0 Å². The van der Waals surface area contributed by atoms with Gasteiger partial charge in [0.15, 0.2) is 0 Å². The zero-order valence-corrected chi connectivity index (χ0v) is 18.5. The third kappa shape index (κ3) is 6.08. The summed E-state index contributed by atoms with van der Waals surface area (Å²) in [4.78, 5) is 15.3. The molecule has 2 aliphatic rings. The quantitative estimate of drug-likeness (QED) is 0.656. The molecule has 1 aromatic carbocycles. The maximum Gasteiger partial charge on any atom is 0.270 e. The van der Waals surface area contributed by atoms with Crippen molar-refractivity contribution in [2.75, 3.05) is 39.5 Å². The molecule has 0 spiro atoms. The topological polar surface area (TPSA) is 68.6 Å². The van der Waals surface area contributed by atoms with Crippen LogP contribution in [0.5, 0.6) is 5.75 Å². The molecule has 2 heterocycles. The molecule has 1 N–H and O–H groups in total. The lowest BCUT2D eigenvalue weighted by Gasteiger charge is -2.26. The van der Waals surface area contributed by atoms with E-state index in [0.29, 0.717) is 12.3 Å². The molecule has 1 amide bonds. The van der Waals surface area contributed by atoms with Gasteiger partial charge in [-0.15, -0.1) is 0 Å². The van der Waals surface area contributed by atoms with Crippen LogP contribution < -0.4 is 10.1 Å². The fourth-order valence-corrected chi connectivity index (χ4v) is 4.35. The number of carbonyl (C=O) groups excluding carboxylic acids is 1. The first-order valence-corrected chi connectivity index (χ1v) is 11.6. The summed E-state index contributed by atoms with van der Waals surface area (Å²) in [6.45, 7) is 7.31. The minimum absolute atomic E-state index is 0.0454. The van der Waals surface area contributed by atoms with Crippen molar-refractivity contribution in [1.82, 2.24) is 20.0 Å². The summed E-state index contributed by atoms with van der Waals surface area (Å²) in [5.41, 5.74) is 2.28. The van der Waals surface area contributed by atoms with Crippen molar-refractivity contribution in [3.63, 3.8) is 0 Å². The van der Waals surface area contributed by atoms with E-state index < -0.39 is 0 Å². The third-order valence-electron chi connectivity index (χ3n) is 6.08. The smallest absolute Gasteiger partial charge is 0.270 e. The molecule has 168 valence electrons. The van der Waals surface area contributed by atoms with Crippen LogP contribution in [0.3, 0.4) is 0 Å². The van der Waals surface area contributed by atoms with Crippen molar-refractivity contribution in [3.8, 4) is 11.4 Å². The number of aromatic nitrogens is 2. The van der Waals surface area contributed by atoms with Crippen LogP contribution in [0.25, 0.3) is 5.69 Å². The second-order valence-corrected chi connectivity index (χ2v) is 8.54. The maximum atomic E-state index is 12.9. The summed E-state index contributed by atoms with van der Waals surface area (Å²) in [5, 5.41) is 7.75. The van der Waals surface area contributed by atoms with Crippen LogP contribution in [0.1, 0.15) is 54.7 Å². The molecule has 1 aromatic heterocycles. The first-order valence-electron chi connectivity index (χ1n) is 11.6. The SMILES string of the molecule is Cc1cc(C(=O)NC2CCCCC2)n(-c2ccc(OCCCN3CCOCC3)cc2)n1. The number of aryl methyl sites for hydroxylation is 1. The van der Waals surface area contributed by atoms with E-state index in [0.717, 1.165) is 69.2 Å². The van der Waals surface area contributed by atoms with E-state index in [9.17, 15) is 4.79 Å². The number of hydrogen-bond donors (Lipinski definition) is 1. The summed E-state index contributed by atoms with van der Waals surface area (Å²) < 4.78 is 13.0. The molecule has 0 unspecified atom stereocenters. The Labute approximate surface area is 184 Å². The van der Waals surface area contributed by atoms with Gasteiger partial charge in [-0.25, -0.2) is 4.68 Å². The Hall–Kier alpha value is -2.38. The average Bonchev–Trinajstić information content (AvgIpc) is 3.20. The molecular formula is C24H34N4O3. The average molecular weight is 427 g/mol. The van der Waals surface area contributed by atoms with E-state index in [2.05, 4.69) is 15.3 Å². The molecule has 1 aliphatic carbocycles. The van der Waals surface area contributed by atoms with Gasteiger partial charge in [0.05, 0.1) is 31.2 Å². The van der Waals surface area contributed by atoms with Gasteiger partial charge in [0.2, 0.25) is 0 Å². The third-order valence-corrected chi connectivity index (χ3v) is 6.08. The number of carbonyl (C=O) groups is 1. The Morgan fingerprint density at radius 3 is 2.65 bits per heavy atom. The van der Waals surface area contributed by atoms with Gasteiger partial charge < -0.3 is 14.8 Å². The van der Waals surface area contributed by atoms with E-state index in [1.54, 1.807) is 4.68 Å². The lowest BCUT2D eigenvalue weighted by Crippen LogP contribution is -2.37. The highest BCUT2D eigenvalue weighted by Crippen LogP contribution is 2.20. The second kappa shape index (κ2) is 10.8. The van der Waals surface area contributed by atoms with E-state index in [4.69, 9.17) is 9.47 Å². The molecular weight excluding hydrogens is 392 g/mol. The van der Waals surface area contributed by atoms with Gasteiger partial charge in [-0.1, -0.05) is 19.3 Å². The van der Waals surface area contributed by atoms with Crippen LogP contribution in [0, 0.1) is 6.92 Å². The molecule has 31 heavy (non-hydrogen) atoms. The van der Waals surface area contributed by atoms with Gasteiger partial charge in [0.1, 0.15) is 11.4 Å². The van der Waals surface area contributed by atoms with Crippen molar-refractivity contribution >= 4 is 5.91 Å². The number of morpholine rings is 1. The summed E-state index contributed by atoms with van der Waals surface area (Å²) in [7, 11) is 0. The van der Waals surface area contributed by atoms with E-state index >= 15 is 0 Å². The Bertz CT molecular complexity index is 837. The van der Waals surface area contributed by atoms with E-state index in [1.165, 1.54) is 19.3 Å². The van der Waals surface area contributed by atoms with Crippen molar-refractivity contribution in [2.24, 2.45) is 0 Å². The molecule has 2 fully saturated rings. The first kappa shape index (κ1) is 21.8. The van der Waals surface area contributed by atoms with Gasteiger partial charge in [-0.2, -0.15) is 5.10 Å². The molecule has 7 nitrogen and oxygen atoms in total. The van der Waals surface area contributed by atoms with Crippen LogP contribution in [-0.2, 0) is 4.74 Å². The van der Waals surface area contributed by atoms with Gasteiger partial charge in [-0.05, 0) is 56.5 Å². The van der Waals surface area contributed by atoms with Crippen LogP contribution in [0.15, 0.2) is 30.3 Å². The summed E-state index contributed by atoms with van der Waals surface area (Å²) in [6.07, 6.45) is 6.78. The van der Waals surface area contributed by atoms with Crippen LogP contribution in [0.2, 0.25) is 0 Å². The number of benzene rings is 1. The summed E-state index contributed by atoms with van der Waals surface area (Å²) >= 11 is 0. The van der Waals surface area contributed by atoms with Crippen molar-refractivity contribution in [1.29, 1.82) is 0 Å². The Morgan fingerprint density at radius 1 is 1.16 bits per heavy atom. The predicted octanol–water partition coefficient (Wildman–Crippen LogP) is 3.34. The summed E-state index contributed by atoms with van der Waals surface area (Å²) in [5.74, 6) is 0.791. The normalized spacial score (nSPS) is 18.1. The largest absolute Gasteiger partial charge is 0.494 e. The highest BCUT2D eigenvalue weighted by Gasteiger charge is 2.20. The Morgan fingerprint density at radius 2 is 1.90 bits per heavy atom. The molecule has 0 bridgehead atoms. The number of nitrogens with one attached hydrogen (secondary N) is 1.